The summed E-state index contributed by atoms with van der Waals surface area (Å²) < 4.78 is 30.9. The van der Waals surface area contributed by atoms with Crippen LogP contribution in [0, 0.1) is 12.7 Å². The first kappa shape index (κ1) is 20.5. The molecule has 0 aliphatic carbocycles. The number of oxazole rings is 1. The van der Waals surface area contributed by atoms with Gasteiger partial charge in [-0.1, -0.05) is 29.4 Å². The predicted molar refractivity (Wildman–Crippen MR) is 109 cm³/mol. The summed E-state index contributed by atoms with van der Waals surface area (Å²) >= 11 is 0. The van der Waals surface area contributed by atoms with E-state index in [-0.39, 0.29) is 24.0 Å². The molecule has 8 nitrogen and oxygen atoms in total. The van der Waals surface area contributed by atoms with Crippen LogP contribution in [0.15, 0.2) is 56.2 Å². The van der Waals surface area contributed by atoms with Crippen LogP contribution in [-0.4, -0.2) is 20.7 Å². The molecular formula is C22H20FN3O5. The number of para-hydroxylation sites is 2. The van der Waals surface area contributed by atoms with E-state index < -0.39 is 17.8 Å². The number of fused-ring (bicyclic) bond motifs is 1. The zero-order chi connectivity index (χ0) is 22.0. The summed E-state index contributed by atoms with van der Waals surface area (Å²) in [7, 11) is 0. The van der Waals surface area contributed by atoms with Crippen molar-refractivity contribution in [3.63, 3.8) is 0 Å². The Morgan fingerprint density at radius 3 is 2.87 bits per heavy atom. The van der Waals surface area contributed by atoms with Gasteiger partial charge in [-0.3, -0.25) is 9.36 Å². The molecule has 2 heterocycles. The second kappa shape index (κ2) is 8.55. The summed E-state index contributed by atoms with van der Waals surface area (Å²) in [6, 6.07) is 11.7. The molecule has 4 aromatic rings. The molecule has 0 spiro atoms. The third-order valence-corrected chi connectivity index (χ3v) is 4.86. The second-order valence-corrected chi connectivity index (χ2v) is 7.14. The third kappa shape index (κ3) is 4.40. The van der Waals surface area contributed by atoms with Crippen LogP contribution in [0.3, 0.4) is 0 Å². The van der Waals surface area contributed by atoms with E-state index in [1.807, 2.05) is 6.07 Å². The third-order valence-electron chi connectivity index (χ3n) is 4.86. The maximum atomic E-state index is 13.8. The maximum Gasteiger partial charge on any atom is 0.419 e. The molecule has 1 atom stereocenters. The molecule has 0 amide bonds. The Bertz CT molecular complexity index is 1290. The monoisotopic (exact) mass is 425 g/mol. The van der Waals surface area contributed by atoms with E-state index in [4.69, 9.17) is 13.7 Å². The molecule has 0 bridgehead atoms. The van der Waals surface area contributed by atoms with Crippen molar-refractivity contribution < 1.29 is 22.9 Å². The highest BCUT2D eigenvalue weighted by Crippen LogP contribution is 2.23. The molecule has 0 saturated heterocycles. The molecule has 1 unspecified atom stereocenters. The minimum atomic E-state index is -0.762. The Morgan fingerprint density at radius 2 is 2.06 bits per heavy atom. The van der Waals surface area contributed by atoms with Gasteiger partial charge in [0.2, 0.25) is 5.82 Å². The number of nitrogens with zero attached hydrogens (tertiary/aromatic N) is 3. The fourth-order valence-electron chi connectivity index (χ4n) is 3.16. The van der Waals surface area contributed by atoms with Gasteiger partial charge in [-0.05, 0) is 44.0 Å². The van der Waals surface area contributed by atoms with Gasteiger partial charge in [-0.15, -0.1) is 0 Å². The Labute approximate surface area is 176 Å². The molecule has 2 aromatic carbocycles. The Hall–Kier alpha value is -3.75. The maximum absolute atomic E-state index is 13.8. The minimum Gasteiger partial charge on any atom is -0.453 e. The van der Waals surface area contributed by atoms with Crippen LogP contribution in [0.2, 0.25) is 0 Å². The molecule has 31 heavy (non-hydrogen) atoms. The van der Waals surface area contributed by atoms with Crippen LogP contribution in [0.1, 0.15) is 37.3 Å². The highest BCUT2D eigenvalue weighted by Gasteiger charge is 2.20. The summed E-state index contributed by atoms with van der Waals surface area (Å²) in [5, 5.41) is 3.83. The zero-order valence-corrected chi connectivity index (χ0v) is 17.0. The van der Waals surface area contributed by atoms with Crippen molar-refractivity contribution in [3.8, 4) is 11.4 Å². The minimum absolute atomic E-state index is 0.0977. The van der Waals surface area contributed by atoms with Gasteiger partial charge in [0.25, 0.3) is 5.89 Å². The number of hydrogen-bond donors (Lipinski definition) is 0. The molecule has 0 N–H and O–H groups in total. The van der Waals surface area contributed by atoms with E-state index >= 15 is 0 Å². The molecule has 160 valence electrons. The van der Waals surface area contributed by atoms with Gasteiger partial charge in [0.05, 0.1) is 5.52 Å². The van der Waals surface area contributed by atoms with Gasteiger partial charge < -0.3 is 13.7 Å². The van der Waals surface area contributed by atoms with E-state index in [1.54, 1.807) is 44.2 Å². The Morgan fingerprint density at radius 1 is 1.26 bits per heavy atom. The number of carbonyl (C=O) groups excluding carboxylic acids is 1. The highest BCUT2D eigenvalue weighted by atomic mass is 19.1. The van der Waals surface area contributed by atoms with Crippen molar-refractivity contribution in [2.75, 3.05) is 0 Å². The van der Waals surface area contributed by atoms with Crippen molar-refractivity contribution in [1.29, 1.82) is 0 Å². The number of benzene rings is 2. The van der Waals surface area contributed by atoms with Crippen LogP contribution < -0.4 is 5.76 Å². The molecular weight excluding hydrogens is 405 g/mol. The van der Waals surface area contributed by atoms with Crippen LogP contribution in [-0.2, 0) is 16.1 Å². The molecule has 0 fully saturated rings. The molecule has 0 aliphatic rings. The summed E-state index contributed by atoms with van der Waals surface area (Å²) in [6.07, 6.45) is -0.269. The molecule has 2 aromatic heterocycles. The van der Waals surface area contributed by atoms with Crippen LogP contribution in [0.25, 0.3) is 22.5 Å². The second-order valence-electron chi connectivity index (χ2n) is 7.14. The van der Waals surface area contributed by atoms with Gasteiger partial charge in [0.1, 0.15) is 5.82 Å². The first-order chi connectivity index (χ1) is 14.9. The summed E-state index contributed by atoms with van der Waals surface area (Å²) in [5.41, 5.74) is 2.17. The largest absolute Gasteiger partial charge is 0.453 e. The highest BCUT2D eigenvalue weighted by molar-refractivity contribution is 5.72. The summed E-state index contributed by atoms with van der Waals surface area (Å²) in [4.78, 5) is 28.3. The average Bonchev–Trinajstić information content (AvgIpc) is 3.35. The first-order valence-electron chi connectivity index (χ1n) is 9.80. The Kier molecular flexibility index (Phi) is 5.66. The van der Waals surface area contributed by atoms with Gasteiger partial charge in [-0.2, -0.15) is 4.98 Å². The van der Waals surface area contributed by atoms with E-state index in [9.17, 15) is 14.0 Å². The predicted octanol–water partition coefficient (Wildman–Crippen LogP) is 4.18. The number of hydrogen-bond acceptors (Lipinski definition) is 7. The fourth-order valence-corrected chi connectivity index (χ4v) is 3.16. The quantitative estimate of drug-likeness (QED) is 0.410. The van der Waals surface area contributed by atoms with E-state index in [0.29, 0.717) is 35.2 Å². The van der Waals surface area contributed by atoms with Crippen molar-refractivity contribution in [2.24, 2.45) is 0 Å². The van der Waals surface area contributed by atoms with Gasteiger partial charge >= 0.3 is 11.7 Å². The average molecular weight is 425 g/mol. The van der Waals surface area contributed by atoms with E-state index in [2.05, 4.69) is 10.1 Å². The molecule has 4 rings (SSSR count). The normalized spacial score (nSPS) is 12.2. The SMILES string of the molecule is Cc1ccc(-c2noc(C(C)OC(=O)CCCn3c(=O)oc4ccccc43)n2)cc1F. The lowest BCUT2D eigenvalue weighted by atomic mass is 10.1. The van der Waals surface area contributed by atoms with Crippen molar-refractivity contribution in [2.45, 2.75) is 39.3 Å². The van der Waals surface area contributed by atoms with Gasteiger partial charge in [-0.25, -0.2) is 9.18 Å². The molecule has 0 saturated carbocycles. The number of carbonyl (C=O) groups is 1. The van der Waals surface area contributed by atoms with Crippen molar-refractivity contribution in [3.05, 3.63) is 70.3 Å². The number of ether oxygens (including phenoxy) is 1. The summed E-state index contributed by atoms with van der Waals surface area (Å²) in [6.45, 7) is 3.59. The van der Waals surface area contributed by atoms with Gasteiger partial charge in [0, 0.05) is 18.5 Å². The number of aryl methyl sites for hydroxylation is 2. The van der Waals surface area contributed by atoms with Crippen molar-refractivity contribution >= 4 is 17.1 Å². The smallest absolute Gasteiger partial charge is 0.419 e. The number of rotatable bonds is 7. The lowest BCUT2D eigenvalue weighted by Crippen LogP contribution is -2.16. The van der Waals surface area contributed by atoms with Crippen LogP contribution in [0.5, 0.6) is 0 Å². The number of halogens is 1. The lowest BCUT2D eigenvalue weighted by Gasteiger charge is -2.09. The first-order valence-corrected chi connectivity index (χ1v) is 9.80. The summed E-state index contributed by atoms with van der Waals surface area (Å²) in [5.74, 6) is -0.972. The molecule has 0 aliphatic heterocycles. The van der Waals surface area contributed by atoms with Gasteiger partial charge in [0.15, 0.2) is 11.7 Å². The molecule has 0 radical (unpaired) electrons. The Balaban J connectivity index is 1.33. The topological polar surface area (TPSA) is 100 Å². The fraction of sp³-hybridized carbons (Fsp3) is 0.273. The van der Waals surface area contributed by atoms with Crippen LogP contribution >= 0.6 is 0 Å². The lowest BCUT2D eigenvalue weighted by molar-refractivity contribution is -0.149. The van der Waals surface area contributed by atoms with E-state index in [0.717, 1.165) is 0 Å². The van der Waals surface area contributed by atoms with Crippen LogP contribution in [0.4, 0.5) is 4.39 Å². The number of aromatic nitrogens is 3. The van der Waals surface area contributed by atoms with Crippen molar-refractivity contribution in [1.82, 2.24) is 14.7 Å². The van der Waals surface area contributed by atoms with E-state index in [1.165, 1.54) is 10.6 Å². The number of esters is 1. The molecule has 9 heteroatoms. The zero-order valence-electron chi connectivity index (χ0n) is 17.0. The standard InChI is InChI=1S/C22H20FN3O5/c1-13-9-10-15(12-16(13)23)20-24-21(31-25-20)14(2)29-19(27)8-5-11-26-17-6-3-4-7-18(17)30-22(26)28/h3-4,6-7,9-10,12,14H,5,8,11H2,1-2H3.